The third-order valence-corrected chi connectivity index (χ3v) is 6.34. The number of ether oxygens (including phenoxy) is 1. The topological polar surface area (TPSA) is 79.5 Å². The van der Waals surface area contributed by atoms with E-state index in [1.54, 1.807) is 19.2 Å². The summed E-state index contributed by atoms with van der Waals surface area (Å²) in [5.41, 5.74) is 3.75. The Hall–Kier alpha value is -2.09. The molecule has 1 saturated heterocycles. The van der Waals surface area contributed by atoms with Gasteiger partial charge < -0.3 is 15.4 Å². The Bertz CT molecular complexity index is 954. The van der Waals surface area contributed by atoms with Crippen LogP contribution in [0.4, 0.5) is 5.69 Å². The summed E-state index contributed by atoms with van der Waals surface area (Å²) < 4.78 is 31.1. The van der Waals surface area contributed by atoms with Crippen molar-refractivity contribution in [3.05, 3.63) is 48.0 Å². The zero-order chi connectivity index (χ0) is 20.4. The number of nitrogens with one attached hydrogen (secondary N) is 3. The van der Waals surface area contributed by atoms with Gasteiger partial charge >= 0.3 is 0 Å². The van der Waals surface area contributed by atoms with Crippen LogP contribution in [0.3, 0.4) is 0 Å². The summed E-state index contributed by atoms with van der Waals surface area (Å²) in [5, 5.41) is 7.22. The fourth-order valence-corrected chi connectivity index (χ4v) is 4.72. The molecule has 29 heavy (non-hydrogen) atoms. The summed E-state index contributed by atoms with van der Waals surface area (Å²) in [4.78, 5) is 0. The van der Waals surface area contributed by atoms with Crippen LogP contribution in [0.1, 0.15) is 30.7 Å². The number of anilines is 1. The van der Waals surface area contributed by atoms with E-state index in [2.05, 4.69) is 39.6 Å². The van der Waals surface area contributed by atoms with Crippen LogP contribution in [-0.2, 0) is 10.0 Å². The highest BCUT2D eigenvalue weighted by atomic mass is 32.2. The normalized spacial score (nSPS) is 22.3. The second kappa shape index (κ2) is 8.34. The SMILES string of the molecule is COc1ccc(NS(C)(=O)=O)cc1-c1ccc([C@@H]2C[C@H]2NC2CCNCC2)cc1. The predicted octanol–water partition coefficient (Wildman–Crippen LogP) is 2.93. The van der Waals surface area contributed by atoms with Crippen molar-refractivity contribution in [1.29, 1.82) is 0 Å². The third-order valence-electron chi connectivity index (χ3n) is 5.73. The second-order valence-electron chi connectivity index (χ2n) is 8.05. The van der Waals surface area contributed by atoms with Gasteiger partial charge in [-0.3, -0.25) is 4.72 Å². The van der Waals surface area contributed by atoms with Crippen LogP contribution in [0.5, 0.6) is 5.75 Å². The predicted molar refractivity (Wildman–Crippen MR) is 117 cm³/mol. The maximum atomic E-state index is 11.6. The quantitative estimate of drug-likeness (QED) is 0.648. The van der Waals surface area contributed by atoms with Crippen LogP contribution in [0.25, 0.3) is 11.1 Å². The molecule has 156 valence electrons. The Labute approximate surface area is 173 Å². The van der Waals surface area contributed by atoms with Gasteiger partial charge in [-0.15, -0.1) is 0 Å². The molecule has 0 bridgehead atoms. The lowest BCUT2D eigenvalue weighted by Crippen LogP contribution is -2.41. The maximum Gasteiger partial charge on any atom is 0.229 e. The molecule has 0 radical (unpaired) electrons. The zero-order valence-electron chi connectivity index (χ0n) is 16.9. The Morgan fingerprint density at radius 2 is 1.79 bits per heavy atom. The molecule has 1 aliphatic carbocycles. The first-order valence-electron chi connectivity index (χ1n) is 10.2. The first-order chi connectivity index (χ1) is 13.9. The van der Waals surface area contributed by atoms with Gasteiger partial charge in [0.25, 0.3) is 0 Å². The van der Waals surface area contributed by atoms with Gasteiger partial charge in [-0.2, -0.15) is 0 Å². The van der Waals surface area contributed by atoms with E-state index in [9.17, 15) is 8.42 Å². The fourth-order valence-electron chi connectivity index (χ4n) is 4.16. The van der Waals surface area contributed by atoms with Crippen LogP contribution >= 0.6 is 0 Å². The van der Waals surface area contributed by atoms with E-state index in [0.717, 1.165) is 30.5 Å². The summed E-state index contributed by atoms with van der Waals surface area (Å²) in [6, 6.07) is 15.1. The van der Waals surface area contributed by atoms with Gasteiger partial charge in [-0.1, -0.05) is 24.3 Å². The van der Waals surface area contributed by atoms with Gasteiger partial charge in [-0.25, -0.2) is 8.42 Å². The minimum absolute atomic E-state index is 0.529. The second-order valence-corrected chi connectivity index (χ2v) is 9.80. The Kier molecular flexibility index (Phi) is 5.81. The molecule has 2 aromatic carbocycles. The number of hydrogen-bond acceptors (Lipinski definition) is 5. The molecular weight excluding hydrogens is 386 g/mol. The Morgan fingerprint density at radius 3 is 2.45 bits per heavy atom. The number of benzene rings is 2. The minimum Gasteiger partial charge on any atom is -0.496 e. The molecule has 0 unspecified atom stereocenters. The first-order valence-corrected chi connectivity index (χ1v) is 12.0. The van der Waals surface area contributed by atoms with Gasteiger partial charge in [0.2, 0.25) is 10.0 Å². The first kappa shape index (κ1) is 20.2. The Balaban J connectivity index is 1.47. The molecular formula is C22H29N3O3S. The number of sulfonamides is 1. The molecule has 0 amide bonds. The lowest BCUT2D eigenvalue weighted by molar-refractivity contribution is 0.383. The number of hydrogen-bond donors (Lipinski definition) is 3. The molecule has 2 aliphatic rings. The molecule has 2 fully saturated rings. The van der Waals surface area contributed by atoms with Gasteiger partial charge in [0.15, 0.2) is 0 Å². The van der Waals surface area contributed by atoms with Crippen molar-refractivity contribution in [1.82, 2.24) is 10.6 Å². The summed E-state index contributed by atoms with van der Waals surface area (Å²) in [5.74, 6) is 1.30. The van der Waals surface area contributed by atoms with Crippen molar-refractivity contribution < 1.29 is 13.2 Å². The minimum atomic E-state index is -3.33. The molecule has 2 aromatic rings. The van der Waals surface area contributed by atoms with E-state index in [4.69, 9.17) is 4.74 Å². The van der Waals surface area contributed by atoms with Gasteiger partial charge in [0.1, 0.15) is 5.75 Å². The van der Waals surface area contributed by atoms with Crippen molar-refractivity contribution in [2.75, 3.05) is 31.2 Å². The van der Waals surface area contributed by atoms with Crippen molar-refractivity contribution in [2.45, 2.75) is 37.3 Å². The van der Waals surface area contributed by atoms with E-state index < -0.39 is 10.0 Å². The summed E-state index contributed by atoms with van der Waals surface area (Å²) in [6.07, 6.45) is 4.76. The average Bonchev–Trinajstić information content (AvgIpc) is 3.47. The van der Waals surface area contributed by atoms with Crippen LogP contribution in [0.15, 0.2) is 42.5 Å². The smallest absolute Gasteiger partial charge is 0.229 e. The van der Waals surface area contributed by atoms with Crippen LogP contribution in [0.2, 0.25) is 0 Å². The highest BCUT2D eigenvalue weighted by Crippen LogP contribution is 2.42. The van der Waals surface area contributed by atoms with Crippen molar-refractivity contribution >= 4 is 15.7 Å². The lowest BCUT2D eigenvalue weighted by Gasteiger charge is -2.24. The van der Waals surface area contributed by atoms with E-state index in [-0.39, 0.29) is 0 Å². The molecule has 7 heteroatoms. The number of methoxy groups -OCH3 is 1. The van der Waals surface area contributed by atoms with Crippen molar-refractivity contribution in [2.24, 2.45) is 0 Å². The van der Waals surface area contributed by atoms with Crippen LogP contribution in [-0.4, -0.2) is 47.0 Å². The average molecular weight is 416 g/mol. The molecule has 0 spiro atoms. The number of rotatable bonds is 7. The Morgan fingerprint density at radius 1 is 1.07 bits per heavy atom. The third kappa shape index (κ3) is 5.10. The van der Waals surface area contributed by atoms with Crippen LogP contribution in [0, 0.1) is 0 Å². The standard InChI is InChI=1S/C22H29N3O3S/c1-28-22-8-7-18(25-29(2,26)27)13-20(22)16-5-3-15(4-6-16)19-14-21(19)24-17-9-11-23-12-10-17/h3-8,13,17,19,21,23-25H,9-12,14H2,1-2H3/t19-,21+/m0/s1. The molecule has 2 atom stereocenters. The monoisotopic (exact) mass is 415 g/mol. The largest absolute Gasteiger partial charge is 0.496 e. The van der Waals surface area contributed by atoms with Gasteiger partial charge in [0.05, 0.1) is 13.4 Å². The van der Waals surface area contributed by atoms with Gasteiger partial charge in [-0.05, 0) is 61.7 Å². The molecule has 6 nitrogen and oxygen atoms in total. The zero-order valence-corrected chi connectivity index (χ0v) is 17.8. The van der Waals surface area contributed by atoms with Gasteiger partial charge in [0, 0.05) is 29.3 Å². The molecule has 1 saturated carbocycles. The highest BCUT2D eigenvalue weighted by Gasteiger charge is 2.39. The van der Waals surface area contributed by atoms with E-state index in [1.807, 2.05) is 6.07 Å². The molecule has 3 N–H and O–H groups in total. The summed E-state index contributed by atoms with van der Waals surface area (Å²) >= 11 is 0. The molecule has 4 rings (SSSR count). The highest BCUT2D eigenvalue weighted by molar-refractivity contribution is 7.92. The summed E-state index contributed by atoms with van der Waals surface area (Å²) in [7, 11) is -1.70. The van der Waals surface area contributed by atoms with E-state index in [1.165, 1.54) is 24.8 Å². The number of piperidine rings is 1. The van der Waals surface area contributed by atoms with E-state index >= 15 is 0 Å². The molecule has 1 heterocycles. The fraction of sp³-hybridized carbons (Fsp3) is 0.455. The van der Waals surface area contributed by atoms with Crippen LogP contribution < -0.4 is 20.1 Å². The molecule has 1 aliphatic heterocycles. The molecule has 0 aromatic heterocycles. The van der Waals surface area contributed by atoms with Crippen molar-refractivity contribution in [3.63, 3.8) is 0 Å². The van der Waals surface area contributed by atoms with Crippen molar-refractivity contribution in [3.8, 4) is 16.9 Å². The lowest BCUT2D eigenvalue weighted by atomic mass is 10.0. The summed E-state index contributed by atoms with van der Waals surface area (Å²) in [6.45, 7) is 2.22. The van der Waals surface area contributed by atoms with E-state index in [0.29, 0.717) is 29.4 Å². The maximum absolute atomic E-state index is 11.6.